The van der Waals surface area contributed by atoms with Gasteiger partial charge >= 0.3 is 0 Å². The highest BCUT2D eigenvalue weighted by atomic mass is 16.5. The maximum Gasteiger partial charge on any atom is 0.255 e. The van der Waals surface area contributed by atoms with Crippen molar-refractivity contribution in [3.63, 3.8) is 0 Å². The van der Waals surface area contributed by atoms with Gasteiger partial charge in [0.1, 0.15) is 6.61 Å². The number of aryl methyl sites for hydroxylation is 1. The number of aliphatic hydroxyl groups excluding tert-OH is 1. The molecule has 1 atom stereocenters. The first kappa shape index (κ1) is 14.6. The van der Waals surface area contributed by atoms with Gasteiger partial charge < -0.3 is 14.7 Å². The summed E-state index contributed by atoms with van der Waals surface area (Å²) in [6.45, 7) is 5.46. The summed E-state index contributed by atoms with van der Waals surface area (Å²) in [4.78, 5) is 14.4. The Morgan fingerprint density at radius 1 is 1.55 bits per heavy atom. The number of amides is 1. The van der Waals surface area contributed by atoms with Crippen LogP contribution in [0.5, 0.6) is 0 Å². The summed E-state index contributed by atoms with van der Waals surface area (Å²) < 4.78 is 5.46. The smallest absolute Gasteiger partial charge is 0.255 e. The first-order valence-corrected chi connectivity index (χ1v) is 6.73. The average molecular weight is 273 g/mol. The minimum Gasteiger partial charge on any atom is -0.384 e. The zero-order chi connectivity index (χ0) is 14.5. The second kappa shape index (κ2) is 6.56. The highest BCUT2D eigenvalue weighted by Crippen LogP contribution is 2.16. The molecule has 1 aliphatic rings. The van der Waals surface area contributed by atoms with Gasteiger partial charge in [-0.3, -0.25) is 4.79 Å². The molecule has 0 aromatic heterocycles. The number of rotatable bonds is 1. The molecule has 0 bridgehead atoms. The summed E-state index contributed by atoms with van der Waals surface area (Å²) in [6.07, 6.45) is 0.0597. The molecule has 1 aromatic carbocycles. The van der Waals surface area contributed by atoms with Crippen LogP contribution in [0.2, 0.25) is 0 Å². The molecule has 0 spiro atoms. The molecule has 1 N–H and O–H groups in total. The van der Waals surface area contributed by atoms with Gasteiger partial charge in [0.15, 0.2) is 0 Å². The van der Waals surface area contributed by atoms with Crippen LogP contribution in [-0.4, -0.2) is 48.3 Å². The lowest BCUT2D eigenvalue weighted by atomic mass is 10.0. The average Bonchev–Trinajstić information content (AvgIpc) is 2.45. The topological polar surface area (TPSA) is 49.8 Å². The SMILES string of the molecule is Cc1ccc(C#CCO)c(C(=O)N2CCOC(C)C2)c1. The number of carbonyl (C=O) groups is 1. The summed E-state index contributed by atoms with van der Waals surface area (Å²) in [5, 5.41) is 8.81. The fourth-order valence-electron chi connectivity index (χ4n) is 2.25. The van der Waals surface area contributed by atoms with Crippen LogP contribution in [0, 0.1) is 18.8 Å². The van der Waals surface area contributed by atoms with Gasteiger partial charge in [0.25, 0.3) is 5.91 Å². The van der Waals surface area contributed by atoms with Crippen LogP contribution >= 0.6 is 0 Å². The molecule has 2 rings (SSSR count). The number of ether oxygens (including phenoxy) is 1. The van der Waals surface area contributed by atoms with Gasteiger partial charge in [-0.25, -0.2) is 0 Å². The molecule has 106 valence electrons. The largest absolute Gasteiger partial charge is 0.384 e. The zero-order valence-electron chi connectivity index (χ0n) is 11.8. The predicted molar refractivity (Wildman–Crippen MR) is 76.5 cm³/mol. The Kier molecular flexibility index (Phi) is 4.78. The van der Waals surface area contributed by atoms with E-state index < -0.39 is 0 Å². The van der Waals surface area contributed by atoms with Gasteiger partial charge in [-0.15, -0.1) is 0 Å². The number of hydrogen-bond acceptors (Lipinski definition) is 3. The number of morpholine rings is 1. The third-order valence-corrected chi connectivity index (χ3v) is 3.24. The molecule has 1 unspecified atom stereocenters. The minimum atomic E-state index is -0.212. The van der Waals surface area contributed by atoms with Gasteiger partial charge in [-0.2, -0.15) is 0 Å². The molecule has 1 fully saturated rings. The Labute approximate surface area is 119 Å². The van der Waals surface area contributed by atoms with Crippen molar-refractivity contribution in [1.29, 1.82) is 0 Å². The van der Waals surface area contributed by atoms with E-state index in [9.17, 15) is 4.79 Å². The van der Waals surface area contributed by atoms with E-state index in [1.54, 1.807) is 4.90 Å². The van der Waals surface area contributed by atoms with Crippen LogP contribution in [-0.2, 0) is 4.74 Å². The van der Waals surface area contributed by atoms with Crippen LogP contribution in [0.15, 0.2) is 18.2 Å². The highest BCUT2D eigenvalue weighted by molar-refractivity contribution is 5.97. The van der Waals surface area contributed by atoms with Crippen molar-refractivity contribution in [3.8, 4) is 11.8 Å². The normalized spacial score (nSPS) is 18.4. The van der Waals surface area contributed by atoms with Gasteiger partial charge in [0, 0.05) is 18.7 Å². The van der Waals surface area contributed by atoms with E-state index in [0.717, 1.165) is 5.56 Å². The Morgan fingerprint density at radius 2 is 2.35 bits per heavy atom. The standard InChI is InChI=1S/C16H19NO3/c1-12-5-6-14(4-3-8-18)15(10-12)16(19)17-7-9-20-13(2)11-17/h5-6,10,13,18H,7-9,11H2,1-2H3. The lowest BCUT2D eigenvalue weighted by molar-refractivity contribution is -0.0124. The van der Waals surface area contributed by atoms with Crippen molar-refractivity contribution >= 4 is 5.91 Å². The van der Waals surface area contributed by atoms with Gasteiger partial charge in [0.05, 0.1) is 18.3 Å². The monoisotopic (exact) mass is 273 g/mol. The van der Waals surface area contributed by atoms with Crippen LogP contribution < -0.4 is 0 Å². The van der Waals surface area contributed by atoms with Crippen molar-refractivity contribution in [2.24, 2.45) is 0 Å². The molecule has 1 saturated heterocycles. The highest BCUT2D eigenvalue weighted by Gasteiger charge is 2.23. The van der Waals surface area contributed by atoms with Gasteiger partial charge in [-0.05, 0) is 26.0 Å². The predicted octanol–water partition coefficient (Wildman–Crippen LogP) is 1.20. The van der Waals surface area contributed by atoms with E-state index in [4.69, 9.17) is 9.84 Å². The first-order valence-electron chi connectivity index (χ1n) is 6.73. The molecule has 20 heavy (non-hydrogen) atoms. The van der Waals surface area contributed by atoms with E-state index in [1.807, 2.05) is 32.0 Å². The summed E-state index contributed by atoms with van der Waals surface area (Å²) in [5.74, 6) is 5.42. The van der Waals surface area contributed by atoms with Gasteiger partial charge in [-0.1, -0.05) is 23.5 Å². The third kappa shape index (κ3) is 3.38. The second-order valence-corrected chi connectivity index (χ2v) is 4.94. The Morgan fingerprint density at radius 3 is 3.05 bits per heavy atom. The third-order valence-electron chi connectivity index (χ3n) is 3.24. The Balaban J connectivity index is 2.30. The fraction of sp³-hybridized carbons (Fsp3) is 0.438. The Bertz CT molecular complexity index is 557. The molecule has 1 aromatic rings. The summed E-state index contributed by atoms with van der Waals surface area (Å²) in [7, 11) is 0. The number of nitrogens with zero attached hydrogens (tertiary/aromatic N) is 1. The molecular weight excluding hydrogens is 254 g/mol. The molecule has 0 aliphatic carbocycles. The van der Waals surface area contributed by atoms with E-state index in [0.29, 0.717) is 30.8 Å². The molecular formula is C16H19NO3. The van der Waals surface area contributed by atoms with E-state index in [1.165, 1.54) is 0 Å². The number of hydrogen-bond donors (Lipinski definition) is 1. The van der Waals surface area contributed by atoms with Crippen molar-refractivity contribution in [3.05, 3.63) is 34.9 Å². The lowest BCUT2D eigenvalue weighted by Gasteiger charge is -2.31. The number of carbonyl (C=O) groups excluding carboxylic acids is 1. The van der Waals surface area contributed by atoms with Crippen LogP contribution in [0.4, 0.5) is 0 Å². The van der Waals surface area contributed by atoms with Crippen molar-refractivity contribution in [2.45, 2.75) is 20.0 Å². The molecule has 1 aliphatic heterocycles. The summed E-state index contributed by atoms with van der Waals surface area (Å²) in [5.41, 5.74) is 2.28. The van der Waals surface area contributed by atoms with E-state index in [-0.39, 0.29) is 18.6 Å². The molecule has 0 radical (unpaired) electrons. The van der Waals surface area contributed by atoms with Crippen molar-refractivity contribution in [2.75, 3.05) is 26.3 Å². The van der Waals surface area contributed by atoms with Crippen LogP contribution in [0.25, 0.3) is 0 Å². The second-order valence-electron chi connectivity index (χ2n) is 4.94. The number of aliphatic hydroxyl groups is 1. The minimum absolute atomic E-state index is 0.0221. The Hall–Kier alpha value is -1.83. The molecule has 0 saturated carbocycles. The van der Waals surface area contributed by atoms with E-state index in [2.05, 4.69) is 11.8 Å². The first-order chi connectivity index (χ1) is 9.61. The molecule has 1 heterocycles. The summed E-state index contributed by atoms with van der Waals surface area (Å²) in [6, 6.07) is 5.60. The van der Waals surface area contributed by atoms with E-state index >= 15 is 0 Å². The van der Waals surface area contributed by atoms with Gasteiger partial charge in [0.2, 0.25) is 0 Å². The summed E-state index contributed by atoms with van der Waals surface area (Å²) >= 11 is 0. The molecule has 1 amide bonds. The molecule has 4 nitrogen and oxygen atoms in total. The fourth-order valence-corrected chi connectivity index (χ4v) is 2.25. The van der Waals surface area contributed by atoms with Crippen molar-refractivity contribution < 1.29 is 14.6 Å². The van der Waals surface area contributed by atoms with Crippen LogP contribution in [0.3, 0.4) is 0 Å². The van der Waals surface area contributed by atoms with Crippen LogP contribution in [0.1, 0.15) is 28.4 Å². The lowest BCUT2D eigenvalue weighted by Crippen LogP contribution is -2.44. The maximum absolute atomic E-state index is 12.6. The zero-order valence-corrected chi connectivity index (χ0v) is 11.8. The molecule has 4 heteroatoms. The quantitative estimate of drug-likeness (QED) is 0.782. The maximum atomic E-state index is 12.6. The number of benzene rings is 1. The van der Waals surface area contributed by atoms with Crippen molar-refractivity contribution in [1.82, 2.24) is 4.90 Å².